The molecule has 2 N–H and O–H groups in total. The predicted octanol–water partition coefficient (Wildman–Crippen LogP) is 2.38. The summed E-state index contributed by atoms with van der Waals surface area (Å²) in [5.74, 6) is -0.462. The highest BCUT2D eigenvalue weighted by molar-refractivity contribution is 7.18. The molecule has 7 heteroatoms. The lowest BCUT2D eigenvalue weighted by Gasteiger charge is -2.05. The normalized spacial score (nSPS) is 10.7. The van der Waals surface area contributed by atoms with E-state index in [1.54, 1.807) is 7.11 Å². The lowest BCUT2D eigenvalue weighted by molar-refractivity contribution is -0.125. The topological polar surface area (TPSA) is 80.3 Å². The van der Waals surface area contributed by atoms with Crippen molar-refractivity contribution in [1.29, 1.82) is 0 Å². The molecule has 0 bridgehead atoms. The zero-order valence-corrected chi connectivity index (χ0v) is 15.8. The Bertz CT molecular complexity index is 925. The highest BCUT2D eigenvalue weighted by atomic mass is 32.1. The number of hydrogen-bond acceptors (Lipinski definition) is 5. The molecule has 3 aromatic rings. The highest BCUT2D eigenvalue weighted by Gasteiger charge is 2.11. The second-order valence-corrected chi connectivity index (χ2v) is 7.07. The average Bonchev–Trinajstić information content (AvgIpc) is 3.08. The van der Waals surface area contributed by atoms with Crippen LogP contribution in [-0.4, -0.2) is 43.6 Å². The molecule has 0 fully saturated rings. The number of aromatic nitrogens is 1. The van der Waals surface area contributed by atoms with Gasteiger partial charge in [-0.1, -0.05) is 36.4 Å². The van der Waals surface area contributed by atoms with E-state index in [1.807, 2.05) is 30.3 Å². The molecule has 1 aromatic heterocycles. The molecule has 6 nitrogen and oxygen atoms in total. The fourth-order valence-corrected chi connectivity index (χ4v) is 3.60. The Hall–Kier alpha value is -2.77. The van der Waals surface area contributed by atoms with Crippen molar-refractivity contribution in [3.63, 3.8) is 0 Å². The number of amides is 2. The standard InChI is InChI=1S/C20H21N3O3S/c1-26-10-9-21-19(25)13-22-18(24)12-20-23-16-8-7-15(11-17(16)27-20)14-5-3-2-4-6-14/h2-8,11H,9-10,12-13H2,1H3,(H,21,25)(H,22,24). The Kier molecular flexibility index (Phi) is 6.51. The van der Waals surface area contributed by atoms with Crippen LogP contribution in [0.5, 0.6) is 0 Å². The van der Waals surface area contributed by atoms with E-state index in [9.17, 15) is 9.59 Å². The number of benzene rings is 2. The molecule has 2 amide bonds. The van der Waals surface area contributed by atoms with Crippen LogP contribution in [0.4, 0.5) is 0 Å². The number of nitrogens with one attached hydrogen (secondary N) is 2. The Morgan fingerprint density at radius 3 is 2.63 bits per heavy atom. The summed E-state index contributed by atoms with van der Waals surface area (Å²) < 4.78 is 5.89. The number of hydrogen-bond donors (Lipinski definition) is 2. The minimum atomic E-state index is -0.239. The van der Waals surface area contributed by atoms with Crippen LogP contribution < -0.4 is 10.6 Å². The minimum absolute atomic E-state index is 0.0500. The maximum absolute atomic E-state index is 12.1. The Morgan fingerprint density at radius 2 is 1.85 bits per heavy atom. The molecular weight excluding hydrogens is 362 g/mol. The molecular formula is C20H21N3O3S. The van der Waals surface area contributed by atoms with Gasteiger partial charge in [0, 0.05) is 13.7 Å². The molecule has 0 atom stereocenters. The van der Waals surface area contributed by atoms with Crippen LogP contribution in [0.1, 0.15) is 5.01 Å². The van der Waals surface area contributed by atoms with Crippen molar-refractivity contribution >= 4 is 33.4 Å². The summed E-state index contributed by atoms with van der Waals surface area (Å²) in [7, 11) is 1.56. The number of methoxy groups -OCH3 is 1. The van der Waals surface area contributed by atoms with Crippen molar-refractivity contribution in [3.8, 4) is 11.1 Å². The summed E-state index contributed by atoms with van der Waals surface area (Å²) in [4.78, 5) is 28.2. The van der Waals surface area contributed by atoms with Gasteiger partial charge in [0.25, 0.3) is 0 Å². The third-order valence-electron chi connectivity index (χ3n) is 3.93. The molecule has 140 valence electrons. The van der Waals surface area contributed by atoms with Gasteiger partial charge in [-0.3, -0.25) is 9.59 Å². The third-order valence-corrected chi connectivity index (χ3v) is 4.94. The summed E-state index contributed by atoms with van der Waals surface area (Å²) in [6.45, 7) is 0.814. The van der Waals surface area contributed by atoms with Crippen molar-refractivity contribution in [3.05, 3.63) is 53.5 Å². The van der Waals surface area contributed by atoms with E-state index in [2.05, 4.69) is 33.8 Å². The van der Waals surface area contributed by atoms with Crippen LogP contribution in [0.25, 0.3) is 21.3 Å². The minimum Gasteiger partial charge on any atom is -0.383 e. The van der Waals surface area contributed by atoms with E-state index in [4.69, 9.17) is 4.74 Å². The second-order valence-electron chi connectivity index (χ2n) is 5.95. The van der Waals surface area contributed by atoms with Gasteiger partial charge in [0.2, 0.25) is 11.8 Å². The molecule has 2 aromatic carbocycles. The first-order valence-corrected chi connectivity index (χ1v) is 9.44. The number of nitrogens with zero attached hydrogens (tertiary/aromatic N) is 1. The summed E-state index contributed by atoms with van der Waals surface area (Å²) in [6, 6.07) is 16.2. The van der Waals surface area contributed by atoms with Crippen molar-refractivity contribution in [1.82, 2.24) is 15.6 Å². The van der Waals surface area contributed by atoms with E-state index >= 15 is 0 Å². The van der Waals surface area contributed by atoms with Crippen molar-refractivity contribution in [2.45, 2.75) is 6.42 Å². The second kappa shape index (κ2) is 9.25. The zero-order chi connectivity index (χ0) is 19.1. The summed E-state index contributed by atoms with van der Waals surface area (Å²) in [5, 5.41) is 6.00. The quantitative estimate of drug-likeness (QED) is 0.586. The van der Waals surface area contributed by atoms with E-state index in [0.717, 1.165) is 26.4 Å². The van der Waals surface area contributed by atoms with Gasteiger partial charge >= 0.3 is 0 Å². The number of fused-ring (bicyclic) bond motifs is 1. The molecule has 0 radical (unpaired) electrons. The predicted molar refractivity (Wildman–Crippen MR) is 107 cm³/mol. The Morgan fingerprint density at radius 1 is 1.04 bits per heavy atom. The number of ether oxygens (including phenoxy) is 1. The lowest BCUT2D eigenvalue weighted by atomic mass is 10.1. The molecule has 0 unspecified atom stereocenters. The first kappa shape index (κ1) is 19.0. The number of thiazole rings is 1. The van der Waals surface area contributed by atoms with Gasteiger partial charge < -0.3 is 15.4 Å². The Balaban J connectivity index is 1.59. The number of carbonyl (C=O) groups excluding carboxylic acids is 2. The van der Waals surface area contributed by atoms with Crippen LogP contribution in [0.3, 0.4) is 0 Å². The van der Waals surface area contributed by atoms with Crippen LogP contribution >= 0.6 is 11.3 Å². The fourth-order valence-electron chi connectivity index (χ4n) is 2.59. The van der Waals surface area contributed by atoms with E-state index in [-0.39, 0.29) is 24.8 Å². The van der Waals surface area contributed by atoms with Crippen molar-refractivity contribution < 1.29 is 14.3 Å². The van der Waals surface area contributed by atoms with Crippen LogP contribution in [0, 0.1) is 0 Å². The maximum Gasteiger partial charge on any atom is 0.239 e. The Labute approximate surface area is 161 Å². The van der Waals surface area contributed by atoms with Gasteiger partial charge in [-0.25, -0.2) is 4.98 Å². The molecule has 0 saturated carbocycles. The van der Waals surface area contributed by atoms with Crippen LogP contribution in [-0.2, 0) is 20.7 Å². The van der Waals surface area contributed by atoms with Crippen LogP contribution in [0.2, 0.25) is 0 Å². The summed E-state index contributed by atoms with van der Waals surface area (Å²) in [6.07, 6.45) is 0.158. The summed E-state index contributed by atoms with van der Waals surface area (Å²) in [5.41, 5.74) is 3.14. The largest absolute Gasteiger partial charge is 0.383 e. The van der Waals surface area contributed by atoms with Crippen molar-refractivity contribution in [2.24, 2.45) is 0 Å². The van der Waals surface area contributed by atoms with Gasteiger partial charge in [0.05, 0.1) is 29.8 Å². The maximum atomic E-state index is 12.1. The molecule has 27 heavy (non-hydrogen) atoms. The molecule has 1 heterocycles. The third kappa shape index (κ3) is 5.35. The van der Waals surface area contributed by atoms with Gasteiger partial charge in [-0.15, -0.1) is 11.3 Å². The zero-order valence-electron chi connectivity index (χ0n) is 15.0. The van der Waals surface area contributed by atoms with E-state index in [1.165, 1.54) is 11.3 Å². The molecule has 0 aliphatic heterocycles. The molecule has 0 saturated heterocycles. The molecule has 3 rings (SSSR count). The number of rotatable bonds is 8. The van der Waals surface area contributed by atoms with E-state index < -0.39 is 0 Å². The first-order chi connectivity index (χ1) is 13.2. The molecule has 0 aliphatic rings. The van der Waals surface area contributed by atoms with Gasteiger partial charge in [-0.2, -0.15) is 0 Å². The lowest BCUT2D eigenvalue weighted by Crippen LogP contribution is -2.38. The first-order valence-electron chi connectivity index (χ1n) is 8.63. The summed E-state index contributed by atoms with van der Waals surface area (Å²) >= 11 is 1.50. The van der Waals surface area contributed by atoms with Crippen LogP contribution in [0.15, 0.2) is 48.5 Å². The van der Waals surface area contributed by atoms with Crippen molar-refractivity contribution in [2.75, 3.05) is 26.8 Å². The molecule has 0 spiro atoms. The van der Waals surface area contributed by atoms with Gasteiger partial charge in [-0.05, 0) is 23.3 Å². The highest BCUT2D eigenvalue weighted by Crippen LogP contribution is 2.28. The van der Waals surface area contributed by atoms with Gasteiger partial charge in [0.1, 0.15) is 5.01 Å². The van der Waals surface area contributed by atoms with Gasteiger partial charge in [0.15, 0.2) is 0 Å². The average molecular weight is 383 g/mol. The smallest absolute Gasteiger partial charge is 0.239 e. The number of carbonyl (C=O) groups is 2. The molecule has 0 aliphatic carbocycles. The fraction of sp³-hybridized carbons (Fsp3) is 0.250. The SMILES string of the molecule is COCCNC(=O)CNC(=O)Cc1nc2ccc(-c3ccccc3)cc2s1. The monoisotopic (exact) mass is 383 g/mol. The van der Waals surface area contributed by atoms with E-state index in [0.29, 0.717) is 13.2 Å².